The standard InChI is InChI=1S/C14H20ClNO2/c1-10-5-6-12(18-4)11(7-10)13(17)16-9-14(2,3)8-15/h5-7H,8-9H2,1-4H3,(H,16,17). The van der Waals surface area contributed by atoms with Crippen LogP contribution in [-0.2, 0) is 0 Å². The fourth-order valence-corrected chi connectivity index (χ4v) is 1.56. The summed E-state index contributed by atoms with van der Waals surface area (Å²) in [6.07, 6.45) is 0. The lowest BCUT2D eigenvalue weighted by atomic mass is 9.96. The molecule has 0 saturated carbocycles. The van der Waals surface area contributed by atoms with Crippen LogP contribution in [0.1, 0.15) is 29.8 Å². The van der Waals surface area contributed by atoms with Crippen molar-refractivity contribution >= 4 is 17.5 Å². The lowest BCUT2D eigenvalue weighted by Crippen LogP contribution is -2.35. The van der Waals surface area contributed by atoms with Crippen LogP contribution in [0, 0.1) is 12.3 Å². The molecular formula is C14H20ClNO2. The molecule has 1 aromatic carbocycles. The minimum atomic E-state index is -0.131. The Hall–Kier alpha value is -1.22. The number of aryl methyl sites for hydroxylation is 1. The van der Waals surface area contributed by atoms with E-state index in [9.17, 15) is 4.79 Å². The van der Waals surface area contributed by atoms with Gasteiger partial charge in [0, 0.05) is 12.4 Å². The first-order valence-corrected chi connectivity index (χ1v) is 6.42. The predicted octanol–water partition coefficient (Wildman–Crippen LogP) is 3.00. The number of carbonyl (C=O) groups is 1. The SMILES string of the molecule is COc1ccc(C)cc1C(=O)NCC(C)(C)CCl. The van der Waals surface area contributed by atoms with Crippen molar-refractivity contribution in [1.82, 2.24) is 5.32 Å². The van der Waals surface area contributed by atoms with Gasteiger partial charge in [0.25, 0.3) is 5.91 Å². The third-order valence-electron chi connectivity index (χ3n) is 2.69. The molecule has 0 aliphatic rings. The van der Waals surface area contributed by atoms with E-state index in [0.29, 0.717) is 23.7 Å². The first-order chi connectivity index (χ1) is 8.39. The first-order valence-electron chi connectivity index (χ1n) is 5.88. The van der Waals surface area contributed by atoms with Crippen LogP contribution < -0.4 is 10.1 Å². The van der Waals surface area contributed by atoms with Crippen molar-refractivity contribution in [1.29, 1.82) is 0 Å². The second kappa shape index (κ2) is 6.10. The van der Waals surface area contributed by atoms with Crippen LogP contribution in [0.25, 0.3) is 0 Å². The molecule has 3 nitrogen and oxygen atoms in total. The number of carbonyl (C=O) groups excluding carboxylic acids is 1. The van der Waals surface area contributed by atoms with Crippen LogP contribution in [0.5, 0.6) is 5.75 Å². The maximum atomic E-state index is 12.1. The Morgan fingerprint density at radius 1 is 1.44 bits per heavy atom. The summed E-state index contributed by atoms with van der Waals surface area (Å²) in [6, 6.07) is 5.54. The molecule has 0 aliphatic heterocycles. The van der Waals surface area contributed by atoms with E-state index < -0.39 is 0 Å². The van der Waals surface area contributed by atoms with Gasteiger partial charge >= 0.3 is 0 Å². The van der Waals surface area contributed by atoms with E-state index in [1.54, 1.807) is 13.2 Å². The average Bonchev–Trinajstić information content (AvgIpc) is 2.36. The molecule has 0 unspecified atom stereocenters. The predicted molar refractivity (Wildman–Crippen MR) is 74.6 cm³/mol. The third-order valence-corrected chi connectivity index (χ3v) is 3.41. The third kappa shape index (κ3) is 3.91. The molecule has 0 atom stereocenters. The second-order valence-corrected chi connectivity index (χ2v) is 5.45. The summed E-state index contributed by atoms with van der Waals surface area (Å²) in [5, 5.41) is 2.89. The molecule has 1 amide bonds. The van der Waals surface area contributed by atoms with Gasteiger partial charge in [0.1, 0.15) is 5.75 Å². The van der Waals surface area contributed by atoms with E-state index in [1.807, 2.05) is 32.9 Å². The number of alkyl halides is 1. The number of hydrogen-bond donors (Lipinski definition) is 1. The van der Waals surface area contributed by atoms with Crippen LogP contribution in [0.3, 0.4) is 0 Å². The minimum Gasteiger partial charge on any atom is -0.496 e. The van der Waals surface area contributed by atoms with Crippen LogP contribution in [0.15, 0.2) is 18.2 Å². The fraction of sp³-hybridized carbons (Fsp3) is 0.500. The molecule has 0 aliphatic carbocycles. The number of methoxy groups -OCH3 is 1. The van der Waals surface area contributed by atoms with E-state index in [1.165, 1.54) is 0 Å². The van der Waals surface area contributed by atoms with Crippen molar-refractivity contribution in [3.8, 4) is 5.75 Å². The van der Waals surface area contributed by atoms with Gasteiger partial charge in [-0.1, -0.05) is 25.5 Å². The molecule has 1 aromatic rings. The lowest BCUT2D eigenvalue weighted by molar-refractivity contribution is 0.0936. The largest absolute Gasteiger partial charge is 0.496 e. The van der Waals surface area contributed by atoms with Gasteiger partial charge in [0.05, 0.1) is 12.7 Å². The van der Waals surface area contributed by atoms with Crippen molar-refractivity contribution in [3.63, 3.8) is 0 Å². The molecule has 4 heteroatoms. The Balaban J connectivity index is 2.81. The Bertz CT molecular complexity index is 430. The second-order valence-electron chi connectivity index (χ2n) is 5.18. The van der Waals surface area contributed by atoms with Crippen LogP contribution in [0.4, 0.5) is 0 Å². The van der Waals surface area contributed by atoms with Crippen molar-refractivity contribution in [2.24, 2.45) is 5.41 Å². The van der Waals surface area contributed by atoms with Gasteiger partial charge in [-0.05, 0) is 24.5 Å². The molecule has 0 bridgehead atoms. The zero-order valence-electron chi connectivity index (χ0n) is 11.3. The zero-order chi connectivity index (χ0) is 13.8. The highest BCUT2D eigenvalue weighted by molar-refractivity contribution is 6.18. The number of hydrogen-bond acceptors (Lipinski definition) is 2. The monoisotopic (exact) mass is 269 g/mol. The summed E-state index contributed by atoms with van der Waals surface area (Å²) < 4.78 is 5.19. The maximum absolute atomic E-state index is 12.1. The van der Waals surface area contributed by atoms with Gasteiger partial charge in [0.2, 0.25) is 0 Å². The van der Waals surface area contributed by atoms with Crippen molar-refractivity contribution < 1.29 is 9.53 Å². The number of benzene rings is 1. The van der Waals surface area contributed by atoms with Crippen molar-refractivity contribution in [2.75, 3.05) is 19.5 Å². The van der Waals surface area contributed by atoms with Gasteiger partial charge in [-0.15, -0.1) is 11.6 Å². The normalized spacial score (nSPS) is 11.2. The van der Waals surface area contributed by atoms with E-state index in [0.717, 1.165) is 5.56 Å². The molecule has 0 heterocycles. The van der Waals surface area contributed by atoms with Crippen LogP contribution in [-0.4, -0.2) is 25.4 Å². The first kappa shape index (κ1) is 14.8. The average molecular weight is 270 g/mol. The summed E-state index contributed by atoms with van der Waals surface area (Å²) in [4.78, 5) is 12.1. The summed E-state index contributed by atoms with van der Waals surface area (Å²) in [7, 11) is 1.56. The highest BCUT2D eigenvalue weighted by atomic mass is 35.5. The van der Waals surface area contributed by atoms with Gasteiger partial charge in [-0.3, -0.25) is 4.79 Å². The Morgan fingerprint density at radius 2 is 2.11 bits per heavy atom. The molecule has 0 aromatic heterocycles. The molecule has 18 heavy (non-hydrogen) atoms. The summed E-state index contributed by atoms with van der Waals surface area (Å²) in [5.74, 6) is 0.952. The van der Waals surface area contributed by atoms with E-state index in [2.05, 4.69) is 5.32 Å². The van der Waals surface area contributed by atoms with Crippen molar-refractivity contribution in [2.45, 2.75) is 20.8 Å². The minimum absolute atomic E-state index is 0.117. The molecule has 0 spiro atoms. The summed E-state index contributed by atoms with van der Waals surface area (Å²) in [5.41, 5.74) is 1.47. The van der Waals surface area contributed by atoms with E-state index in [-0.39, 0.29) is 11.3 Å². The molecule has 0 radical (unpaired) electrons. The topological polar surface area (TPSA) is 38.3 Å². The van der Waals surface area contributed by atoms with Gasteiger partial charge < -0.3 is 10.1 Å². The smallest absolute Gasteiger partial charge is 0.255 e. The number of ether oxygens (including phenoxy) is 1. The molecule has 100 valence electrons. The van der Waals surface area contributed by atoms with Crippen LogP contribution in [0.2, 0.25) is 0 Å². The van der Waals surface area contributed by atoms with E-state index >= 15 is 0 Å². The van der Waals surface area contributed by atoms with Gasteiger partial charge in [-0.25, -0.2) is 0 Å². The summed E-state index contributed by atoms with van der Waals surface area (Å²) in [6.45, 7) is 6.49. The molecule has 0 fully saturated rings. The number of rotatable bonds is 5. The zero-order valence-corrected chi connectivity index (χ0v) is 12.1. The van der Waals surface area contributed by atoms with E-state index in [4.69, 9.17) is 16.3 Å². The number of amides is 1. The molecule has 1 rings (SSSR count). The van der Waals surface area contributed by atoms with Gasteiger partial charge in [0.15, 0.2) is 0 Å². The fourth-order valence-electron chi connectivity index (χ4n) is 1.46. The lowest BCUT2D eigenvalue weighted by Gasteiger charge is -2.22. The maximum Gasteiger partial charge on any atom is 0.255 e. The number of nitrogens with one attached hydrogen (secondary N) is 1. The van der Waals surface area contributed by atoms with Gasteiger partial charge in [-0.2, -0.15) is 0 Å². The molecule has 0 saturated heterocycles. The molecule has 1 N–H and O–H groups in total. The quantitative estimate of drug-likeness (QED) is 0.835. The Kier molecular flexibility index (Phi) is 5.03. The highest BCUT2D eigenvalue weighted by Gasteiger charge is 2.19. The van der Waals surface area contributed by atoms with Crippen molar-refractivity contribution in [3.05, 3.63) is 29.3 Å². The van der Waals surface area contributed by atoms with Crippen LogP contribution >= 0.6 is 11.6 Å². The number of halogens is 1. The highest BCUT2D eigenvalue weighted by Crippen LogP contribution is 2.20. The summed E-state index contributed by atoms with van der Waals surface area (Å²) >= 11 is 5.83. The Labute approximate surface area is 113 Å². The molecular weight excluding hydrogens is 250 g/mol. The Morgan fingerprint density at radius 3 is 2.67 bits per heavy atom.